The molecule has 2 aliphatic heterocycles. The summed E-state index contributed by atoms with van der Waals surface area (Å²) >= 11 is 0. The predicted molar refractivity (Wildman–Crippen MR) is 92.3 cm³/mol. The van der Waals surface area contributed by atoms with Gasteiger partial charge in [0, 0.05) is 12.2 Å². The second-order valence-corrected chi connectivity index (χ2v) is 6.30. The highest BCUT2D eigenvalue weighted by molar-refractivity contribution is 6.11. The molecule has 4 heteroatoms. The van der Waals surface area contributed by atoms with E-state index in [9.17, 15) is 4.79 Å². The van der Waals surface area contributed by atoms with E-state index < -0.39 is 0 Å². The molecule has 0 radical (unpaired) electrons. The molecule has 2 aromatic rings. The zero-order valence-electron chi connectivity index (χ0n) is 13.1. The van der Waals surface area contributed by atoms with Crippen molar-refractivity contribution in [2.75, 3.05) is 11.9 Å². The van der Waals surface area contributed by atoms with Gasteiger partial charge in [-0.1, -0.05) is 30.3 Å². The van der Waals surface area contributed by atoms with Crippen LogP contribution in [0.4, 0.5) is 11.4 Å². The average molecular weight is 305 g/mol. The van der Waals surface area contributed by atoms with E-state index in [1.54, 1.807) is 0 Å². The Labute approximate surface area is 135 Å². The van der Waals surface area contributed by atoms with Crippen molar-refractivity contribution in [3.8, 4) is 0 Å². The quantitative estimate of drug-likeness (QED) is 0.870. The van der Waals surface area contributed by atoms with E-state index in [4.69, 9.17) is 4.99 Å². The van der Waals surface area contributed by atoms with Crippen LogP contribution in [-0.2, 0) is 0 Å². The number of nitrogens with zero attached hydrogens (tertiary/aromatic N) is 2. The summed E-state index contributed by atoms with van der Waals surface area (Å²) in [6.45, 7) is 2.89. The molecule has 23 heavy (non-hydrogen) atoms. The number of nitrogens with one attached hydrogen (secondary N) is 1. The first-order chi connectivity index (χ1) is 11.2. The van der Waals surface area contributed by atoms with Gasteiger partial charge >= 0.3 is 0 Å². The molecule has 116 valence electrons. The van der Waals surface area contributed by atoms with Crippen LogP contribution in [0.15, 0.2) is 59.6 Å². The van der Waals surface area contributed by atoms with Gasteiger partial charge in [0.2, 0.25) is 0 Å². The third-order valence-electron chi connectivity index (χ3n) is 4.80. The lowest BCUT2D eigenvalue weighted by Crippen LogP contribution is -2.52. The van der Waals surface area contributed by atoms with Crippen molar-refractivity contribution in [3.63, 3.8) is 0 Å². The van der Waals surface area contributed by atoms with Gasteiger partial charge in [-0.05, 0) is 44.0 Å². The molecule has 2 aromatic carbocycles. The largest absolute Gasteiger partial charge is 0.342 e. The monoisotopic (exact) mass is 305 g/mol. The third kappa shape index (κ3) is 2.22. The van der Waals surface area contributed by atoms with Gasteiger partial charge in [0.25, 0.3) is 5.91 Å². The molecule has 1 saturated heterocycles. The van der Waals surface area contributed by atoms with Crippen molar-refractivity contribution < 1.29 is 4.79 Å². The Bertz CT molecular complexity index is 784. The number of carbonyl (C=O) groups excluding carboxylic acids is 1. The Balaban J connectivity index is 1.84. The number of benzene rings is 2. The number of aliphatic imine (C=N–C) groups is 1. The van der Waals surface area contributed by atoms with E-state index in [1.165, 1.54) is 0 Å². The molecule has 1 amide bonds. The molecular weight excluding hydrogens is 286 g/mol. The first kappa shape index (κ1) is 14.0. The molecule has 0 aromatic heterocycles. The van der Waals surface area contributed by atoms with E-state index >= 15 is 0 Å². The van der Waals surface area contributed by atoms with Gasteiger partial charge in [-0.25, -0.2) is 4.99 Å². The number of para-hydroxylation sites is 2. The van der Waals surface area contributed by atoms with Crippen molar-refractivity contribution >= 4 is 23.1 Å². The van der Waals surface area contributed by atoms with E-state index in [0.29, 0.717) is 5.56 Å². The Hall–Kier alpha value is -2.62. The third-order valence-corrected chi connectivity index (χ3v) is 4.80. The van der Waals surface area contributed by atoms with Crippen molar-refractivity contribution in [2.24, 2.45) is 4.99 Å². The van der Waals surface area contributed by atoms with Gasteiger partial charge in [0.1, 0.15) is 5.84 Å². The molecule has 1 N–H and O–H groups in total. The highest BCUT2D eigenvalue weighted by Gasteiger charge is 2.46. The van der Waals surface area contributed by atoms with Crippen molar-refractivity contribution in [2.45, 2.75) is 25.3 Å². The van der Waals surface area contributed by atoms with E-state index in [0.717, 1.165) is 36.6 Å². The number of amides is 1. The fourth-order valence-corrected chi connectivity index (χ4v) is 3.49. The number of anilines is 1. The highest BCUT2D eigenvalue weighted by Crippen LogP contribution is 2.37. The summed E-state index contributed by atoms with van der Waals surface area (Å²) in [6.07, 6.45) is 1.92. The Kier molecular flexibility index (Phi) is 3.18. The summed E-state index contributed by atoms with van der Waals surface area (Å²) < 4.78 is 0. The summed E-state index contributed by atoms with van der Waals surface area (Å²) in [4.78, 5) is 19.8. The summed E-state index contributed by atoms with van der Waals surface area (Å²) in [6, 6.07) is 17.6. The lowest BCUT2D eigenvalue weighted by atomic mass is 9.96. The number of amidine groups is 1. The molecule has 4 nitrogen and oxygen atoms in total. The molecule has 0 spiro atoms. The number of rotatable bonds is 1. The highest BCUT2D eigenvalue weighted by atomic mass is 16.2. The van der Waals surface area contributed by atoms with Crippen LogP contribution in [0.3, 0.4) is 0 Å². The zero-order chi connectivity index (χ0) is 15.9. The maximum Gasteiger partial charge on any atom is 0.256 e. The lowest BCUT2D eigenvalue weighted by molar-refractivity contribution is 0.0708. The second-order valence-electron chi connectivity index (χ2n) is 6.30. The first-order valence-electron chi connectivity index (χ1n) is 8.01. The van der Waals surface area contributed by atoms with Crippen molar-refractivity contribution in [1.82, 2.24) is 4.90 Å². The number of carbonyl (C=O) groups is 1. The van der Waals surface area contributed by atoms with Gasteiger partial charge < -0.3 is 10.2 Å². The minimum atomic E-state index is -0.383. The second kappa shape index (κ2) is 5.23. The van der Waals surface area contributed by atoms with Gasteiger partial charge in [-0.2, -0.15) is 0 Å². The van der Waals surface area contributed by atoms with Crippen LogP contribution in [0.2, 0.25) is 0 Å². The molecule has 4 rings (SSSR count). The Morgan fingerprint density at radius 3 is 2.65 bits per heavy atom. The topological polar surface area (TPSA) is 44.7 Å². The molecule has 2 heterocycles. The fraction of sp³-hybridized carbons (Fsp3) is 0.263. The van der Waals surface area contributed by atoms with Crippen LogP contribution in [0.1, 0.15) is 30.1 Å². The normalized spacial score (nSPS) is 22.9. The molecular formula is C19H19N3O. The molecule has 1 atom stereocenters. The predicted octanol–water partition coefficient (Wildman–Crippen LogP) is 3.84. The van der Waals surface area contributed by atoms with Gasteiger partial charge in [-0.3, -0.25) is 4.79 Å². The molecule has 0 bridgehead atoms. The van der Waals surface area contributed by atoms with Crippen LogP contribution < -0.4 is 5.32 Å². The van der Waals surface area contributed by atoms with Crippen LogP contribution in [0.5, 0.6) is 0 Å². The molecule has 0 saturated carbocycles. The number of hydrogen-bond acceptors (Lipinski definition) is 3. The van der Waals surface area contributed by atoms with Crippen molar-refractivity contribution in [1.29, 1.82) is 0 Å². The number of hydrogen-bond donors (Lipinski definition) is 1. The fourth-order valence-electron chi connectivity index (χ4n) is 3.49. The Morgan fingerprint density at radius 2 is 1.83 bits per heavy atom. The maximum atomic E-state index is 12.9. The van der Waals surface area contributed by atoms with Crippen LogP contribution >= 0.6 is 0 Å². The minimum Gasteiger partial charge on any atom is -0.342 e. The van der Waals surface area contributed by atoms with E-state index in [1.807, 2.05) is 59.5 Å². The summed E-state index contributed by atoms with van der Waals surface area (Å²) in [5.41, 5.74) is 2.04. The summed E-state index contributed by atoms with van der Waals surface area (Å²) in [7, 11) is 0. The standard InChI is InChI=1S/C19H19N3O/c1-19-12-7-13-22(19)17(23)15-10-5-6-11-16(15)21-18(19)20-14-8-3-2-4-9-14/h2-6,8-11H,7,12-13H2,1H3,(H,20,21)/t19-/m0/s1. The van der Waals surface area contributed by atoms with E-state index in [2.05, 4.69) is 12.2 Å². The average Bonchev–Trinajstić information content (AvgIpc) is 2.95. The molecule has 2 aliphatic rings. The smallest absolute Gasteiger partial charge is 0.256 e. The molecule has 1 fully saturated rings. The van der Waals surface area contributed by atoms with Crippen LogP contribution in [-0.4, -0.2) is 28.7 Å². The van der Waals surface area contributed by atoms with Gasteiger partial charge in [-0.15, -0.1) is 0 Å². The van der Waals surface area contributed by atoms with Crippen molar-refractivity contribution in [3.05, 3.63) is 60.2 Å². The van der Waals surface area contributed by atoms with Gasteiger partial charge in [0.15, 0.2) is 0 Å². The maximum absolute atomic E-state index is 12.9. The zero-order valence-corrected chi connectivity index (χ0v) is 13.1. The SMILES string of the molecule is C[C@@]12CCCN1C(=O)c1ccccc1N=C2Nc1ccccc1. The minimum absolute atomic E-state index is 0.0780. The van der Waals surface area contributed by atoms with E-state index in [-0.39, 0.29) is 11.4 Å². The van der Waals surface area contributed by atoms with Crippen LogP contribution in [0, 0.1) is 0 Å². The number of fused-ring (bicyclic) bond motifs is 2. The van der Waals surface area contributed by atoms with Crippen LogP contribution in [0.25, 0.3) is 0 Å². The van der Waals surface area contributed by atoms with Gasteiger partial charge in [0.05, 0.1) is 16.8 Å². The summed E-state index contributed by atoms with van der Waals surface area (Å²) in [5, 5.41) is 3.45. The lowest BCUT2D eigenvalue weighted by Gasteiger charge is -2.35. The first-order valence-corrected chi connectivity index (χ1v) is 8.01. The Morgan fingerprint density at radius 1 is 1.09 bits per heavy atom. The molecule has 0 unspecified atom stereocenters. The molecule has 0 aliphatic carbocycles. The summed E-state index contributed by atoms with van der Waals surface area (Å²) in [5.74, 6) is 0.925.